The number of anilines is 1. The lowest BCUT2D eigenvalue weighted by Gasteiger charge is -2.21. The number of rotatable bonds is 7. The average molecular weight is 306 g/mol. The van der Waals surface area contributed by atoms with Crippen LogP contribution in [-0.2, 0) is 14.3 Å². The second-order valence-corrected chi connectivity index (χ2v) is 4.81. The van der Waals surface area contributed by atoms with Gasteiger partial charge in [-0.15, -0.1) is 0 Å². The zero-order valence-corrected chi connectivity index (χ0v) is 13.2. The second-order valence-electron chi connectivity index (χ2n) is 4.81. The Labute approximate surface area is 130 Å². The molecule has 0 aliphatic rings. The molecule has 0 aromatic heterocycles. The highest BCUT2D eigenvalue weighted by atomic mass is 16.5. The van der Waals surface area contributed by atoms with E-state index in [2.05, 4.69) is 10.1 Å². The van der Waals surface area contributed by atoms with E-state index in [0.29, 0.717) is 24.3 Å². The predicted octanol–water partition coefficient (Wildman–Crippen LogP) is 1.74. The quantitative estimate of drug-likeness (QED) is 0.779. The van der Waals surface area contributed by atoms with E-state index in [9.17, 15) is 14.4 Å². The van der Waals surface area contributed by atoms with Gasteiger partial charge in [-0.2, -0.15) is 0 Å². The highest BCUT2D eigenvalue weighted by Crippen LogP contribution is 2.16. The molecule has 2 amide bonds. The van der Waals surface area contributed by atoms with E-state index in [1.807, 2.05) is 6.92 Å². The van der Waals surface area contributed by atoms with Gasteiger partial charge in [0.2, 0.25) is 11.8 Å². The minimum atomic E-state index is -0.431. The summed E-state index contributed by atoms with van der Waals surface area (Å²) in [5, 5.41) is 2.77. The van der Waals surface area contributed by atoms with E-state index in [0.717, 1.165) is 6.42 Å². The van der Waals surface area contributed by atoms with Crippen LogP contribution in [0.5, 0.6) is 0 Å². The third kappa shape index (κ3) is 5.20. The molecule has 0 saturated carbocycles. The van der Waals surface area contributed by atoms with Crippen molar-refractivity contribution in [2.75, 3.05) is 25.1 Å². The van der Waals surface area contributed by atoms with Crippen LogP contribution in [0.25, 0.3) is 0 Å². The van der Waals surface area contributed by atoms with Gasteiger partial charge in [0.05, 0.1) is 12.7 Å². The molecule has 0 bridgehead atoms. The molecule has 6 nitrogen and oxygen atoms in total. The summed E-state index contributed by atoms with van der Waals surface area (Å²) >= 11 is 0. The van der Waals surface area contributed by atoms with Gasteiger partial charge in [0.25, 0.3) is 0 Å². The van der Waals surface area contributed by atoms with Gasteiger partial charge < -0.3 is 15.0 Å². The van der Waals surface area contributed by atoms with Gasteiger partial charge in [0.1, 0.15) is 0 Å². The van der Waals surface area contributed by atoms with E-state index >= 15 is 0 Å². The number of amides is 2. The normalized spacial score (nSPS) is 9.95. The maximum Gasteiger partial charge on any atom is 0.337 e. The number of ether oxygens (including phenoxy) is 1. The van der Waals surface area contributed by atoms with E-state index in [1.54, 1.807) is 24.3 Å². The third-order valence-electron chi connectivity index (χ3n) is 3.11. The first-order valence-electron chi connectivity index (χ1n) is 7.22. The fraction of sp³-hybridized carbons (Fsp3) is 0.438. The van der Waals surface area contributed by atoms with Crippen LogP contribution in [0.15, 0.2) is 24.3 Å². The lowest BCUT2D eigenvalue weighted by molar-refractivity contribution is -0.121. The largest absolute Gasteiger partial charge is 0.465 e. The maximum atomic E-state index is 11.7. The number of hydrogen-bond acceptors (Lipinski definition) is 4. The number of nitrogens with one attached hydrogen (secondary N) is 1. The molecule has 0 radical (unpaired) electrons. The molecular weight excluding hydrogens is 284 g/mol. The Kier molecular flexibility index (Phi) is 7.08. The molecule has 1 aromatic carbocycles. The number of esters is 1. The molecule has 0 aliphatic heterocycles. The minimum absolute atomic E-state index is 0.0840. The van der Waals surface area contributed by atoms with Crippen molar-refractivity contribution in [3.05, 3.63) is 29.8 Å². The van der Waals surface area contributed by atoms with Crippen LogP contribution in [0, 0.1) is 0 Å². The fourth-order valence-electron chi connectivity index (χ4n) is 1.93. The van der Waals surface area contributed by atoms with Crippen molar-refractivity contribution >= 4 is 23.5 Å². The lowest BCUT2D eigenvalue weighted by atomic mass is 10.2. The number of nitrogens with zero attached hydrogens (tertiary/aromatic N) is 1. The van der Waals surface area contributed by atoms with Crippen LogP contribution >= 0.6 is 0 Å². The minimum Gasteiger partial charge on any atom is -0.465 e. The van der Waals surface area contributed by atoms with E-state index in [-0.39, 0.29) is 18.2 Å². The molecular formula is C16H22N2O4. The number of carbonyl (C=O) groups excluding carboxylic acids is 3. The second kappa shape index (κ2) is 8.81. The first-order valence-corrected chi connectivity index (χ1v) is 7.22. The highest BCUT2D eigenvalue weighted by molar-refractivity contribution is 5.94. The topological polar surface area (TPSA) is 75.7 Å². The van der Waals surface area contributed by atoms with Gasteiger partial charge in [0, 0.05) is 32.1 Å². The first-order chi connectivity index (χ1) is 10.5. The van der Waals surface area contributed by atoms with Crippen LogP contribution in [0.4, 0.5) is 5.69 Å². The van der Waals surface area contributed by atoms with Crippen molar-refractivity contribution in [2.45, 2.75) is 26.7 Å². The van der Waals surface area contributed by atoms with E-state index in [1.165, 1.54) is 18.9 Å². The summed E-state index contributed by atoms with van der Waals surface area (Å²) in [7, 11) is 1.31. The third-order valence-corrected chi connectivity index (χ3v) is 3.11. The summed E-state index contributed by atoms with van der Waals surface area (Å²) in [6, 6.07) is 6.51. The van der Waals surface area contributed by atoms with Crippen LogP contribution in [0.2, 0.25) is 0 Å². The zero-order chi connectivity index (χ0) is 16.5. The Morgan fingerprint density at radius 2 is 1.82 bits per heavy atom. The number of benzene rings is 1. The molecule has 1 rings (SSSR count). The Morgan fingerprint density at radius 3 is 2.32 bits per heavy atom. The van der Waals surface area contributed by atoms with Crippen molar-refractivity contribution in [2.24, 2.45) is 0 Å². The standard InChI is InChI=1S/C16H22N2O4/c1-4-10-17-15(20)9-11-18(12(2)19)14-7-5-13(6-8-14)16(21)22-3/h5-8H,4,9-11H2,1-3H3,(H,17,20). The Balaban J connectivity index is 2.72. The SMILES string of the molecule is CCCNC(=O)CCN(C(C)=O)c1ccc(C(=O)OC)cc1. The van der Waals surface area contributed by atoms with Crippen molar-refractivity contribution in [1.82, 2.24) is 5.32 Å². The monoisotopic (exact) mass is 306 g/mol. The molecule has 0 atom stereocenters. The van der Waals surface area contributed by atoms with Crippen molar-refractivity contribution in [1.29, 1.82) is 0 Å². The van der Waals surface area contributed by atoms with Crippen LogP contribution in [0.3, 0.4) is 0 Å². The molecule has 0 saturated heterocycles. The number of carbonyl (C=O) groups is 3. The van der Waals surface area contributed by atoms with Gasteiger partial charge in [-0.25, -0.2) is 4.79 Å². The molecule has 0 spiro atoms. The van der Waals surface area contributed by atoms with Crippen molar-refractivity contribution in [3.8, 4) is 0 Å². The smallest absolute Gasteiger partial charge is 0.337 e. The summed E-state index contributed by atoms with van der Waals surface area (Å²) in [6.07, 6.45) is 1.11. The fourth-order valence-corrected chi connectivity index (χ4v) is 1.93. The summed E-state index contributed by atoms with van der Waals surface area (Å²) < 4.78 is 4.63. The van der Waals surface area contributed by atoms with Crippen LogP contribution in [-0.4, -0.2) is 38.0 Å². The molecule has 120 valence electrons. The Bertz CT molecular complexity index is 525. The molecule has 0 aliphatic carbocycles. The summed E-state index contributed by atoms with van der Waals surface area (Å²) in [5.41, 5.74) is 1.05. The van der Waals surface area contributed by atoms with Gasteiger partial charge in [0.15, 0.2) is 0 Å². The van der Waals surface area contributed by atoms with Crippen molar-refractivity contribution < 1.29 is 19.1 Å². The molecule has 22 heavy (non-hydrogen) atoms. The summed E-state index contributed by atoms with van der Waals surface area (Å²) in [5.74, 6) is -0.673. The predicted molar refractivity (Wildman–Crippen MR) is 83.7 cm³/mol. The maximum absolute atomic E-state index is 11.7. The highest BCUT2D eigenvalue weighted by Gasteiger charge is 2.14. The van der Waals surface area contributed by atoms with Gasteiger partial charge in [-0.1, -0.05) is 6.92 Å². The van der Waals surface area contributed by atoms with Gasteiger partial charge >= 0.3 is 5.97 Å². The van der Waals surface area contributed by atoms with Crippen LogP contribution in [0.1, 0.15) is 37.0 Å². The average Bonchev–Trinajstić information content (AvgIpc) is 2.52. The van der Waals surface area contributed by atoms with Crippen molar-refractivity contribution in [3.63, 3.8) is 0 Å². The lowest BCUT2D eigenvalue weighted by Crippen LogP contribution is -2.34. The molecule has 1 N–H and O–H groups in total. The van der Waals surface area contributed by atoms with Gasteiger partial charge in [-0.3, -0.25) is 9.59 Å². The molecule has 0 fully saturated rings. The molecule has 0 unspecified atom stereocenters. The Hall–Kier alpha value is -2.37. The zero-order valence-electron chi connectivity index (χ0n) is 13.2. The number of hydrogen-bond donors (Lipinski definition) is 1. The van der Waals surface area contributed by atoms with E-state index in [4.69, 9.17) is 0 Å². The van der Waals surface area contributed by atoms with Gasteiger partial charge in [-0.05, 0) is 30.7 Å². The molecule has 6 heteroatoms. The van der Waals surface area contributed by atoms with Crippen LogP contribution < -0.4 is 10.2 Å². The Morgan fingerprint density at radius 1 is 1.18 bits per heavy atom. The molecule has 1 aromatic rings. The summed E-state index contributed by atoms with van der Waals surface area (Å²) in [4.78, 5) is 36.3. The first kappa shape index (κ1) is 17.7. The number of methoxy groups -OCH3 is 1. The summed E-state index contributed by atoms with van der Waals surface area (Å²) in [6.45, 7) is 4.35. The molecule has 0 heterocycles. The van der Waals surface area contributed by atoms with E-state index < -0.39 is 5.97 Å².